The highest BCUT2D eigenvalue weighted by atomic mass is 79.9. The summed E-state index contributed by atoms with van der Waals surface area (Å²) in [5.74, 6) is 0. The van der Waals surface area contributed by atoms with E-state index < -0.39 is 4.92 Å². The van der Waals surface area contributed by atoms with Crippen LogP contribution in [0.15, 0.2) is 41.0 Å². The van der Waals surface area contributed by atoms with Crippen molar-refractivity contribution >= 4 is 21.6 Å². The Morgan fingerprint density at radius 1 is 1.43 bits per heavy atom. The van der Waals surface area contributed by atoms with Crippen LogP contribution in [0.4, 0.5) is 5.69 Å². The van der Waals surface area contributed by atoms with Gasteiger partial charge in [-0.15, -0.1) is 0 Å². The molecule has 0 fully saturated rings. The fourth-order valence-corrected chi connectivity index (χ4v) is 2.66. The van der Waals surface area contributed by atoms with Crippen LogP contribution in [-0.4, -0.2) is 15.5 Å². The summed E-state index contributed by atoms with van der Waals surface area (Å²) >= 11 is 3.41. The van der Waals surface area contributed by atoms with Crippen LogP contribution in [0.5, 0.6) is 0 Å². The minimum atomic E-state index is -0.393. The van der Waals surface area contributed by atoms with Crippen LogP contribution < -0.4 is 5.73 Å². The van der Waals surface area contributed by atoms with E-state index in [0.717, 1.165) is 22.9 Å². The molecular weight excluding hydrogens is 334 g/mol. The summed E-state index contributed by atoms with van der Waals surface area (Å²) in [6.07, 6.45) is 3.77. The summed E-state index contributed by atoms with van der Waals surface area (Å²) in [4.78, 5) is 10.4. The highest BCUT2D eigenvalue weighted by molar-refractivity contribution is 9.10. The predicted octanol–water partition coefficient (Wildman–Crippen LogP) is 3.49. The van der Waals surface area contributed by atoms with E-state index in [1.54, 1.807) is 6.07 Å². The molecule has 0 aliphatic rings. The van der Waals surface area contributed by atoms with Crippen molar-refractivity contribution in [3.8, 4) is 0 Å². The molecule has 2 rings (SSSR count). The molecule has 6 heteroatoms. The number of hydrogen-bond donors (Lipinski definition) is 1. The van der Waals surface area contributed by atoms with Crippen LogP contribution in [0.2, 0.25) is 0 Å². The number of halogens is 1. The van der Waals surface area contributed by atoms with Crippen LogP contribution in [0.3, 0.4) is 0 Å². The number of nitrogens with two attached hydrogens (primary N) is 1. The van der Waals surface area contributed by atoms with Crippen LogP contribution in [0.1, 0.15) is 24.6 Å². The molecule has 1 aromatic heterocycles. The van der Waals surface area contributed by atoms with Crippen molar-refractivity contribution in [2.24, 2.45) is 5.73 Å². The lowest BCUT2D eigenvalue weighted by Gasteiger charge is -2.13. The van der Waals surface area contributed by atoms with Gasteiger partial charge in [0.2, 0.25) is 0 Å². The molecule has 0 saturated heterocycles. The molecule has 0 spiro atoms. The molecule has 2 aromatic rings. The first-order valence-corrected chi connectivity index (χ1v) is 7.63. The highest BCUT2D eigenvalue weighted by Crippen LogP contribution is 2.24. The Morgan fingerprint density at radius 3 is 2.81 bits per heavy atom. The summed E-state index contributed by atoms with van der Waals surface area (Å²) in [5, 5.41) is 10.8. The second-order valence-electron chi connectivity index (χ2n) is 5.03. The summed E-state index contributed by atoms with van der Waals surface area (Å²) in [6, 6.07) is 9.06. The van der Waals surface area contributed by atoms with Crippen LogP contribution in [0, 0.1) is 10.1 Å². The number of aromatic nitrogens is 1. The first-order valence-electron chi connectivity index (χ1n) is 6.83. The minimum Gasteiger partial charge on any atom is -0.347 e. The van der Waals surface area contributed by atoms with E-state index in [0.29, 0.717) is 6.54 Å². The van der Waals surface area contributed by atoms with Crippen LogP contribution in [-0.2, 0) is 13.0 Å². The molecule has 0 aliphatic heterocycles. The van der Waals surface area contributed by atoms with Crippen molar-refractivity contribution in [3.05, 3.63) is 62.4 Å². The van der Waals surface area contributed by atoms with Gasteiger partial charge in [-0.05, 0) is 30.2 Å². The fourth-order valence-electron chi connectivity index (χ4n) is 2.16. The second-order valence-corrected chi connectivity index (χ2v) is 5.89. The molecule has 0 radical (unpaired) electrons. The van der Waals surface area contributed by atoms with Gasteiger partial charge in [-0.2, -0.15) is 0 Å². The molecule has 0 amide bonds. The third-order valence-corrected chi connectivity index (χ3v) is 4.25. The molecule has 0 saturated carbocycles. The van der Waals surface area contributed by atoms with E-state index in [1.807, 2.05) is 12.3 Å². The number of nitro groups is 1. The number of non-ortho nitro benzene ring substituents is 1. The maximum atomic E-state index is 10.8. The van der Waals surface area contributed by atoms with Crippen molar-refractivity contribution in [2.45, 2.75) is 32.4 Å². The quantitative estimate of drug-likeness (QED) is 0.639. The van der Waals surface area contributed by atoms with Gasteiger partial charge in [-0.25, -0.2) is 0 Å². The van der Waals surface area contributed by atoms with Gasteiger partial charge >= 0.3 is 0 Å². The molecule has 5 nitrogen and oxygen atoms in total. The fraction of sp³-hybridized carbons (Fsp3) is 0.333. The monoisotopic (exact) mass is 351 g/mol. The van der Waals surface area contributed by atoms with E-state index in [9.17, 15) is 10.1 Å². The largest absolute Gasteiger partial charge is 0.347 e. The Labute approximate surface area is 132 Å². The lowest BCUT2D eigenvalue weighted by molar-refractivity contribution is -0.384. The van der Waals surface area contributed by atoms with Crippen LogP contribution >= 0.6 is 15.9 Å². The Hall–Kier alpha value is -1.66. The molecule has 1 atom stereocenters. The molecule has 0 bridgehead atoms. The average Bonchev–Trinajstić information content (AvgIpc) is 2.87. The molecule has 0 aliphatic carbocycles. The van der Waals surface area contributed by atoms with Gasteiger partial charge < -0.3 is 10.3 Å². The maximum Gasteiger partial charge on any atom is 0.270 e. The SMILES string of the molecule is CCC(N)Cc1cccn1Cc1ccc([N+](=O)[O-])cc1Br. The Bertz CT molecular complexity index is 640. The van der Waals surface area contributed by atoms with Crippen molar-refractivity contribution in [1.82, 2.24) is 4.57 Å². The van der Waals surface area contributed by atoms with E-state index in [1.165, 1.54) is 17.8 Å². The maximum absolute atomic E-state index is 10.8. The summed E-state index contributed by atoms with van der Waals surface area (Å²) in [6.45, 7) is 2.74. The van der Waals surface area contributed by atoms with E-state index >= 15 is 0 Å². The first-order chi connectivity index (χ1) is 10.0. The zero-order valence-corrected chi connectivity index (χ0v) is 13.4. The Balaban J connectivity index is 2.19. The molecular formula is C15H18BrN3O2. The summed E-state index contributed by atoms with van der Waals surface area (Å²) < 4.78 is 2.87. The standard InChI is InChI=1S/C15H18BrN3O2/c1-2-12(17)8-13-4-3-7-18(13)10-11-5-6-14(19(20)21)9-15(11)16/h3-7,9,12H,2,8,10,17H2,1H3. The van der Waals surface area contributed by atoms with Gasteiger partial charge in [0, 0.05) is 47.5 Å². The Kier molecular flexibility index (Phi) is 5.14. The van der Waals surface area contributed by atoms with Crippen molar-refractivity contribution in [3.63, 3.8) is 0 Å². The lowest BCUT2D eigenvalue weighted by Crippen LogP contribution is -2.23. The topological polar surface area (TPSA) is 74.1 Å². The molecule has 112 valence electrons. The van der Waals surface area contributed by atoms with Crippen molar-refractivity contribution in [1.29, 1.82) is 0 Å². The molecule has 1 aromatic carbocycles. The molecule has 1 heterocycles. The number of hydrogen-bond acceptors (Lipinski definition) is 3. The van der Waals surface area contributed by atoms with Crippen molar-refractivity contribution in [2.75, 3.05) is 0 Å². The van der Waals surface area contributed by atoms with Gasteiger partial charge in [-0.1, -0.05) is 22.9 Å². The third kappa shape index (κ3) is 3.92. The van der Waals surface area contributed by atoms with E-state index in [2.05, 4.69) is 33.5 Å². The lowest BCUT2D eigenvalue weighted by atomic mass is 10.1. The summed E-state index contributed by atoms with van der Waals surface area (Å²) in [7, 11) is 0. The molecule has 1 unspecified atom stereocenters. The van der Waals surface area contributed by atoms with E-state index in [4.69, 9.17) is 5.73 Å². The summed E-state index contributed by atoms with van der Waals surface area (Å²) in [5.41, 5.74) is 8.28. The zero-order chi connectivity index (χ0) is 15.4. The second kappa shape index (κ2) is 6.87. The van der Waals surface area contributed by atoms with Gasteiger partial charge in [-0.3, -0.25) is 10.1 Å². The number of benzene rings is 1. The minimum absolute atomic E-state index is 0.0892. The third-order valence-electron chi connectivity index (χ3n) is 3.51. The smallest absolute Gasteiger partial charge is 0.270 e. The average molecular weight is 352 g/mol. The normalized spacial score (nSPS) is 12.3. The van der Waals surface area contributed by atoms with Gasteiger partial charge in [0.05, 0.1) is 4.92 Å². The number of rotatable bonds is 6. The van der Waals surface area contributed by atoms with Gasteiger partial charge in [0.15, 0.2) is 0 Å². The van der Waals surface area contributed by atoms with E-state index in [-0.39, 0.29) is 11.7 Å². The highest BCUT2D eigenvalue weighted by Gasteiger charge is 2.11. The molecule has 21 heavy (non-hydrogen) atoms. The first kappa shape index (κ1) is 15.7. The van der Waals surface area contributed by atoms with Gasteiger partial charge in [0.1, 0.15) is 0 Å². The van der Waals surface area contributed by atoms with Crippen LogP contribution in [0.25, 0.3) is 0 Å². The molecule has 2 N–H and O–H groups in total. The zero-order valence-electron chi connectivity index (χ0n) is 11.8. The predicted molar refractivity (Wildman–Crippen MR) is 86.3 cm³/mol. The van der Waals surface area contributed by atoms with Gasteiger partial charge in [0.25, 0.3) is 5.69 Å². The van der Waals surface area contributed by atoms with Crippen molar-refractivity contribution < 1.29 is 4.92 Å². The number of nitro benzene ring substituents is 1. The Morgan fingerprint density at radius 2 is 2.19 bits per heavy atom. The number of nitrogens with zero attached hydrogens (tertiary/aromatic N) is 2.